The number of hydrogen-bond acceptors (Lipinski definition) is 3. The number of aromatic nitrogens is 1. The Balaban J connectivity index is 1.98. The van der Waals surface area contributed by atoms with Crippen LogP contribution >= 0.6 is 0 Å². The smallest absolute Gasteiger partial charge is 0.306 e. The molecule has 0 aliphatic heterocycles. The molecule has 2 unspecified atom stereocenters. The molecule has 5 nitrogen and oxygen atoms in total. The van der Waals surface area contributed by atoms with Crippen LogP contribution in [0.1, 0.15) is 47.4 Å². The maximum Gasteiger partial charge on any atom is 0.306 e. The van der Waals surface area contributed by atoms with Crippen molar-refractivity contribution in [3.8, 4) is 0 Å². The Hall–Kier alpha value is -1.91. The summed E-state index contributed by atoms with van der Waals surface area (Å²) >= 11 is 0. The molecule has 1 aromatic rings. The van der Waals surface area contributed by atoms with Gasteiger partial charge in [-0.2, -0.15) is 0 Å². The molecule has 5 heteroatoms. The van der Waals surface area contributed by atoms with E-state index in [1.165, 1.54) is 0 Å². The van der Waals surface area contributed by atoms with Crippen LogP contribution in [0.3, 0.4) is 0 Å². The van der Waals surface area contributed by atoms with Gasteiger partial charge in [0, 0.05) is 12.2 Å². The first-order chi connectivity index (χ1) is 9.99. The molecule has 1 heterocycles. The number of carbonyl (C=O) groups excluding carboxylic acids is 1. The van der Waals surface area contributed by atoms with Gasteiger partial charge in [-0.15, -0.1) is 0 Å². The number of amides is 1. The van der Waals surface area contributed by atoms with Crippen LogP contribution in [0.2, 0.25) is 0 Å². The fraction of sp³-hybridized carbons (Fsp3) is 0.562. The molecule has 1 aromatic heterocycles. The molecule has 0 saturated heterocycles. The van der Waals surface area contributed by atoms with Crippen molar-refractivity contribution >= 4 is 11.9 Å². The fourth-order valence-corrected chi connectivity index (χ4v) is 3.02. The lowest BCUT2D eigenvalue weighted by molar-refractivity contribution is -0.144. The highest BCUT2D eigenvalue weighted by Gasteiger charge is 2.30. The van der Waals surface area contributed by atoms with Crippen LogP contribution in [0, 0.1) is 25.7 Å². The molecular formula is C16H22N2O3. The van der Waals surface area contributed by atoms with E-state index < -0.39 is 5.97 Å². The molecule has 2 rings (SSSR count). The van der Waals surface area contributed by atoms with E-state index in [1.807, 2.05) is 19.9 Å². The molecule has 2 N–H and O–H groups in total. The van der Waals surface area contributed by atoms with Crippen LogP contribution in [0.4, 0.5) is 0 Å². The van der Waals surface area contributed by atoms with Gasteiger partial charge in [0.2, 0.25) is 0 Å². The molecule has 1 fully saturated rings. The van der Waals surface area contributed by atoms with E-state index in [2.05, 4.69) is 10.3 Å². The summed E-state index contributed by atoms with van der Waals surface area (Å²) in [5.41, 5.74) is 2.14. The number of aliphatic carboxylic acids is 1. The highest BCUT2D eigenvalue weighted by Crippen LogP contribution is 2.29. The van der Waals surface area contributed by atoms with Crippen molar-refractivity contribution in [1.29, 1.82) is 0 Å². The molecule has 1 aliphatic carbocycles. The maximum atomic E-state index is 12.2. The Morgan fingerprint density at radius 3 is 2.67 bits per heavy atom. The number of nitrogens with one attached hydrogen (secondary N) is 1. The molecule has 1 aliphatic rings. The van der Waals surface area contributed by atoms with Crippen molar-refractivity contribution in [2.75, 3.05) is 6.54 Å². The number of hydrogen-bond donors (Lipinski definition) is 2. The first-order valence-corrected chi connectivity index (χ1v) is 7.44. The normalized spacial score (nSPS) is 21.8. The molecule has 0 radical (unpaired) electrons. The number of aryl methyl sites for hydroxylation is 2. The van der Waals surface area contributed by atoms with Crippen LogP contribution in [0.25, 0.3) is 0 Å². The van der Waals surface area contributed by atoms with E-state index in [9.17, 15) is 14.7 Å². The number of carboxylic acid groups (broad SMARTS) is 1. The molecular weight excluding hydrogens is 268 g/mol. The summed E-state index contributed by atoms with van der Waals surface area (Å²) in [5.74, 6) is -1.23. The maximum absolute atomic E-state index is 12.2. The van der Waals surface area contributed by atoms with E-state index >= 15 is 0 Å². The Morgan fingerprint density at radius 1 is 1.29 bits per heavy atom. The Kier molecular flexibility index (Phi) is 4.94. The highest BCUT2D eigenvalue weighted by molar-refractivity contribution is 5.95. The van der Waals surface area contributed by atoms with Gasteiger partial charge in [0.1, 0.15) is 0 Å². The summed E-state index contributed by atoms with van der Waals surface area (Å²) in [6.45, 7) is 4.11. The van der Waals surface area contributed by atoms with E-state index in [1.54, 1.807) is 6.07 Å². The standard InChI is InChI=1S/C16H22N2O3/c1-10-7-8-13(11(2)18-10)15(19)17-9-12-5-3-4-6-14(12)16(20)21/h7-8,12,14H,3-6,9H2,1-2H3,(H,17,19)(H,20,21). The van der Waals surface area contributed by atoms with Gasteiger partial charge < -0.3 is 10.4 Å². The van der Waals surface area contributed by atoms with Crippen LogP contribution in [-0.2, 0) is 4.79 Å². The predicted molar refractivity (Wildman–Crippen MR) is 79.1 cm³/mol. The minimum atomic E-state index is -0.748. The first-order valence-electron chi connectivity index (χ1n) is 7.44. The largest absolute Gasteiger partial charge is 0.481 e. The fourth-order valence-electron chi connectivity index (χ4n) is 3.02. The van der Waals surface area contributed by atoms with Crippen molar-refractivity contribution in [2.45, 2.75) is 39.5 Å². The van der Waals surface area contributed by atoms with Crippen molar-refractivity contribution in [3.05, 3.63) is 29.1 Å². The van der Waals surface area contributed by atoms with Crippen molar-refractivity contribution < 1.29 is 14.7 Å². The Bertz CT molecular complexity index is 542. The molecule has 1 amide bonds. The van der Waals surface area contributed by atoms with Gasteiger partial charge in [0.15, 0.2) is 0 Å². The summed E-state index contributed by atoms with van der Waals surface area (Å²) in [6, 6.07) is 3.57. The lowest BCUT2D eigenvalue weighted by Gasteiger charge is -2.28. The zero-order valence-electron chi connectivity index (χ0n) is 12.6. The zero-order valence-corrected chi connectivity index (χ0v) is 12.6. The number of carbonyl (C=O) groups is 2. The van der Waals surface area contributed by atoms with E-state index in [0.717, 1.165) is 25.0 Å². The summed E-state index contributed by atoms with van der Waals surface area (Å²) < 4.78 is 0. The highest BCUT2D eigenvalue weighted by atomic mass is 16.4. The van der Waals surface area contributed by atoms with Crippen LogP contribution in [-0.4, -0.2) is 28.5 Å². The van der Waals surface area contributed by atoms with E-state index in [4.69, 9.17) is 0 Å². The van der Waals surface area contributed by atoms with Crippen LogP contribution in [0.5, 0.6) is 0 Å². The number of nitrogens with zero attached hydrogens (tertiary/aromatic N) is 1. The first kappa shape index (κ1) is 15.5. The zero-order chi connectivity index (χ0) is 15.4. The van der Waals surface area contributed by atoms with Crippen LogP contribution in [0.15, 0.2) is 12.1 Å². The van der Waals surface area contributed by atoms with Gasteiger partial charge in [-0.3, -0.25) is 14.6 Å². The van der Waals surface area contributed by atoms with Crippen LogP contribution < -0.4 is 5.32 Å². The summed E-state index contributed by atoms with van der Waals surface area (Å²) in [5, 5.41) is 12.1. The Morgan fingerprint density at radius 2 is 2.00 bits per heavy atom. The lowest BCUT2D eigenvalue weighted by atomic mass is 9.79. The van der Waals surface area contributed by atoms with Gasteiger partial charge >= 0.3 is 5.97 Å². The molecule has 0 bridgehead atoms. The quantitative estimate of drug-likeness (QED) is 0.892. The van der Waals surface area contributed by atoms with Gasteiger partial charge in [0.05, 0.1) is 17.2 Å². The van der Waals surface area contributed by atoms with Crippen molar-refractivity contribution in [3.63, 3.8) is 0 Å². The molecule has 1 saturated carbocycles. The third-order valence-electron chi connectivity index (χ3n) is 4.22. The van der Waals surface area contributed by atoms with Gasteiger partial charge in [-0.05, 0) is 44.7 Å². The molecule has 2 atom stereocenters. The molecule has 0 aromatic carbocycles. The second-order valence-electron chi connectivity index (χ2n) is 5.78. The molecule has 0 spiro atoms. The molecule has 114 valence electrons. The van der Waals surface area contributed by atoms with Gasteiger partial charge in [-0.25, -0.2) is 0 Å². The van der Waals surface area contributed by atoms with Gasteiger partial charge in [0.25, 0.3) is 5.91 Å². The molecule has 21 heavy (non-hydrogen) atoms. The third-order valence-corrected chi connectivity index (χ3v) is 4.22. The minimum Gasteiger partial charge on any atom is -0.481 e. The number of rotatable bonds is 4. The monoisotopic (exact) mass is 290 g/mol. The second kappa shape index (κ2) is 6.70. The third kappa shape index (κ3) is 3.80. The van der Waals surface area contributed by atoms with Gasteiger partial charge in [-0.1, -0.05) is 12.8 Å². The topological polar surface area (TPSA) is 79.3 Å². The summed E-state index contributed by atoms with van der Waals surface area (Å²) in [4.78, 5) is 27.7. The summed E-state index contributed by atoms with van der Waals surface area (Å²) in [7, 11) is 0. The minimum absolute atomic E-state index is 0.0268. The number of pyridine rings is 1. The van der Waals surface area contributed by atoms with E-state index in [-0.39, 0.29) is 17.7 Å². The van der Waals surface area contributed by atoms with E-state index in [0.29, 0.717) is 24.2 Å². The number of carboxylic acids is 1. The predicted octanol–water partition coefficient (Wildman–Crippen LogP) is 2.32. The summed E-state index contributed by atoms with van der Waals surface area (Å²) in [6.07, 6.45) is 3.57. The second-order valence-corrected chi connectivity index (χ2v) is 5.78. The Labute approximate surface area is 124 Å². The average Bonchev–Trinajstić information content (AvgIpc) is 2.45. The van der Waals surface area contributed by atoms with Crippen molar-refractivity contribution in [1.82, 2.24) is 10.3 Å². The lowest BCUT2D eigenvalue weighted by Crippen LogP contribution is -2.37. The average molecular weight is 290 g/mol. The van der Waals surface area contributed by atoms with Crippen molar-refractivity contribution in [2.24, 2.45) is 11.8 Å². The SMILES string of the molecule is Cc1ccc(C(=O)NCC2CCCCC2C(=O)O)c(C)n1.